The minimum Gasteiger partial charge on any atom is -0.490 e. The van der Waals surface area contributed by atoms with Crippen molar-refractivity contribution in [1.82, 2.24) is 9.97 Å². The molecule has 1 saturated heterocycles. The molecule has 0 bridgehead atoms. The highest BCUT2D eigenvalue weighted by Gasteiger charge is 2.23. The summed E-state index contributed by atoms with van der Waals surface area (Å²) in [6, 6.07) is 0. The molecule has 1 aliphatic rings. The van der Waals surface area contributed by atoms with Crippen LogP contribution in [0.2, 0.25) is 0 Å². The van der Waals surface area contributed by atoms with E-state index in [0.29, 0.717) is 5.75 Å². The summed E-state index contributed by atoms with van der Waals surface area (Å²) >= 11 is 0. The molecule has 0 amide bonds. The number of aromatic nitrogens is 2. The molecule has 1 unspecified atom stereocenters. The van der Waals surface area contributed by atoms with Gasteiger partial charge < -0.3 is 19.7 Å². The van der Waals surface area contributed by atoms with Gasteiger partial charge in [-0.05, 0) is 26.2 Å². The second kappa shape index (κ2) is 8.02. The lowest BCUT2D eigenvalue weighted by atomic mass is 10.2. The number of hydrogen-bond donors (Lipinski definition) is 1. The van der Waals surface area contributed by atoms with Gasteiger partial charge in [-0.1, -0.05) is 6.92 Å². The lowest BCUT2D eigenvalue weighted by Gasteiger charge is -2.26. The van der Waals surface area contributed by atoms with Gasteiger partial charge in [0.05, 0.1) is 13.2 Å². The maximum Gasteiger partial charge on any atom is 0.204 e. The molecule has 0 radical (unpaired) electrons. The quantitative estimate of drug-likeness (QED) is 0.794. The second-order valence-corrected chi connectivity index (χ2v) is 5.18. The molecule has 0 saturated carbocycles. The Hall–Kier alpha value is -1.56. The zero-order valence-corrected chi connectivity index (χ0v) is 13.3. The predicted molar refractivity (Wildman–Crippen MR) is 84.2 cm³/mol. The first-order valence-electron chi connectivity index (χ1n) is 7.79. The summed E-state index contributed by atoms with van der Waals surface area (Å²) < 4.78 is 11.3. The molecule has 2 heterocycles. The lowest BCUT2D eigenvalue weighted by molar-refractivity contribution is 0.115. The van der Waals surface area contributed by atoms with Gasteiger partial charge in [0.15, 0.2) is 11.6 Å². The van der Waals surface area contributed by atoms with E-state index < -0.39 is 0 Å². The molecule has 6 nitrogen and oxygen atoms in total. The molecule has 0 aliphatic carbocycles. The third kappa shape index (κ3) is 3.97. The van der Waals surface area contributed by atoms with Gasteiger partial charge in [-0.15, -0.1) is 0 Å². The SMILES string of the molecule is CCCNc1ncnc(N(CC)CC2CCCO2)c1OC. The zero-order valence-electron chi connectivity index (χ0n) is 13.3. The van der Waals surface area contributed by atoms with Crippen molar-refractivity contribution in [3.63, 3.8) is 0 Å². The van der Waals surface area contributed by atoms with E-state index in [1.54, 1.807) is 13.4 Å². The van der Waals surface area contributed by atoms with Gasteiger partial charge in [-0.3, -0.25) is 0 Å². The van der Waals surface area contributed by atoms with Crippen LogP contribution in [-0.2, 0) is 4.74 Å². The first-order chi connectivity index (χ1) is 10.3. The Balaban J connectivity index is 2.18. The maximum absolute atomic E-state index is 5.73. The van der Waals surface area contributed by atoms with E-state index in [4.69, 9.17) is 9.47 Å². The van der Waals surface area contributed by atoms with Crippen LogP contribution in [0, 0.1) is 0 Å². The number of rotatable bonds is 8. The standard InChI is InChI=1S/C15H26N4O2/c1-4-8-16-14-13(20-3)15(18-11-17-14)19(5-2)10-12-7-6-9-21-12/h11-12H,4-10H2,1-3H3,(H,16,17,18). The second-order valence-electron chi connectivity index (χ2n) is 5.18. The molecule has 1 N–H and O–H groups in total. The molecule has 1 aliphatic heterocycles. The Labute approximate surface area is 126 Å². The fraction of sp³-hybridized carbons (Fsp3) is 0.733. The summed E-state index contributed by atoms with van der Waals surface area (Å²) in [6.07, 6.45) is 5.18. The van der Waals surface area contributed by atoms with Crippen molar-refractivity contribution >= 4 is 11.6 Å². The normalized spacial score (nSPS) is 17.8. The van der Waals surface area contributed by atoms with Crippen molar-refractivity contribution in [1.29, 1.82) is 0 Å². The van der Waals surface area contributed by atoms with E-state index in [-0.39, 0.29) is 6.10 Å². The van der Waals surface area contributed by atoms with E-state index in [0.717, 1.165) is 57.1 Å². The maximum atomic E-state index is 5.73. The molecule has 1 atom stereocenters. The van der Waals surface area contributed by atoms with Gasteiger partial charge in [0.1, 0.15) is 6.33 Å². The van der Waals surface area contributed by atoms with E-state index in [1.165, 1.54) is 0 Å². The van der Waals surface area contributed by atoms with Crippen LogP contribution in [0.15, 0.2) is 6.33 Å². The Morgan fingerprint density at radius 3 is 2.90 bits per heavy atom. The van der Waals surface area contributed by atoms with E-state index in [1.807, 2.05) is 0 Å². The van der Waals surface area contributed by atoms with E-state index in [9.17, 15) is 0 Å². The van der Waals surface area contributed by atoms with E-state index >= 15 is 0 Å². The minimum absolute atomic E-state index is 0.289. The van der Waals surface area contributed by atoms with Crippen molar-refractivity contribution < 1.29 is 9.47 Å². The number of ether oxygens (including phenoxy) is 2. The molecule has 118 valence electrons. The average Bonchev–Trinajstić information content (AvgIpc) is 3.03. The van der Waals surface area contributed by atoms with Crippen LogP contribution in [0.25, 0.3) is 0 Å². The average molecular weight is 294 g/mol. The summed E-state index contributed by atoms with van der Waals surface area (Å²) in [4.78, 5) is 10.9. The molecule has 0 aromatic carbocycles. The first kappa shape index (κ1) is 15.8. The van der Waals surface area contributed by atoms with E-state index in [2.05, 4.69) is 34.0 Å². The van der Waals surface area contributed by atoms with Crippen LogP contribution in [-0.4, -0.2) is 49.4 Å². The molecular weight excluding hydrogens is 268 g/mol. The Morgan fingerprint density at radius 1 is 1.43 bits per heavy atom. The predicted octanol–water partition coefficient (Wildman–Crippen LogP) is 2.31. The third-order valence-electron chi connectivity index (χ3n) is 3.66. The van der Waals surface area contributed by atoms with Crippen LogP contribution in [0.5, 0.6) is 5.75 Å². The molecule has 6 heteroatoms. The molecule has 0 spiro atoms. The fourth-order valence-electron chi connectivity index (χ4n) is 2.55. The Morgan fingerprint density at radius 2 is 2.29 bits per heavy atom. The zero-order chi connectivity index (χ0) is 15.1. The fourth-order valence-corrected chi connectivity index (χ4v) is 2.55. The molecule has 21 heavy (non-hydrogen) atoms. The summed E-state index contributed by atoms with van der Waals surface area (Å²) in [5.41, 5.74) is 0. The van der Waals surface area contributed by atoms with Crippen molar-refractivity contribution in [3.05, 3.63) is 6.33 Å². The van der Waals surface area contributed by atoms with Gasteiger partial charge in [-0.25, -0.2) is 9.97 Å². The van der Waals surface area contributed by atoms with Crippen LogP contribution >= 0.6 is 0 Å². The van der Waals surface area contributed by atoms with Crippen LogP contribution < -0.4 is 15.0 Å². The molecule has 1 aromatic heterocycles. The summed E-state index contributed by atoms with van der Waals surface area (Å²) in [5, 5.41) is 3.29. The smallest absolute Gasteiger partial charge is 0.204 e. The molecule has 2 rings (SSSR count). The molecule has 1 aromatic rings. The van der Waals surface area contributed by atoms with Gasteiger partial charge in [0.2, 0.25) is 5.75 Å². The van der Waals surface area contributed by atoms with Crippen molar-refractivity contribution in [2.75, 3.05) is 43.6 Å². The molecular formula is C15H26N4O2. The third-order valence-corrected chi connectivity index (χ3v) is 3.66. The lowest BCUT2D eigenvalue weighted by Crippen LogP contribution is -2.33. The largest absolute Gasteiger partial charge is 0.490 e. The topological polar surface area (TPSA) is 59.5 Å². The van der Waals surface area contributed by atoms with Crippen LogP contribution in [0.4, 0.5) is 11.6 Å². The highest BCUT2D eigenvalue weighted by atomic mass is 16.5. The number of anilines is 2. The summed E-state index contributed by atoms with van der Waals surface area (Å²) in [7, 11) is 1.67. The number of likely N-dealkylation sites (N-methyl/N-ethyl adjacent to an activating group) is 1. The van der Waals surface area contributed by atoms with Crippen LogP contribution in [0.1, 0.15) is 33.1 Å². The first-order valence-corrected chi connectivity index (χ1v) is 7.79. The monoisotopic (exact) mass is 294 g/mol. The minimum atomic E-state index is 0.289. The number of nitrogens with zero attached hydrogens (tertiary/aromatic N) is 3. The molecule has 1 fully saturated rings. The Kier molecular flexibility index (Phi) is 6.04. The van der Waals surface area contributed by atoms with Crippen molar-refractivity contribution in [2.45, 2.75) is 39.2 Å². The van der Waals surface area contributed by atoms with Crippen molar-refractivity contribution in [2.24, 2.45) is 0 Å². The highest BCUT2D eigenvalue weighted by molar-refractivity contribution is 5.64. The Bertz CT molecular complexity index is 436. The van der Waals surface area contributed by atoms with Gasteiger partial charge in [-0.2, -0.15) is 0 Å². The van der Waals surface area contributed by atoms with Gasteiger partial charge >= 0.3 is 0 Å². The number of hydrogen-bond acceptors (Lipinski definition) is 6. The van der Waals surface area contributed by atoms with Gasteiger partial charge in [0.25, 0.3) is 0 Å². The summed E-state index contributed by atoms with van der Waals surface area (Å²) in [6.45, 7) is 7.68. The highest BCUT2D eigenvalue weighted by Crippen LogP contribution is 2.32. The number of methoxy groups -OCH3 is 1. The van der Waals surface area contributed by atoms with Crippen LogP contribution in [0.3, 0.4) is 0 Å². The van der Waals surface area contributed by atoms with Crippen molar-refractivity contribution in [3.8, 4) is 5.75 Å². The van der Waals surface area contributed by atoms with Gasteiger partial charge in [0, 0.05) is 26.2 Å². The summed E-state index contributed by atoms with van der Waals surface area (Å²) in [5.74, 6) is 2.31. The number of nitrogens with one attached hydrogen (secondary N) is 1.